The molecule has 1 aromatic carbocycles. The van der Waals surface area contributed by atoms with Crippen molar-refractivity contribution in [3.05, 3.63) is 80.2 Å². The van der Waals surface area contributed by atoms with Crippen molar-refractivity contribution in [3.63, 3.8) is 0 Å². The number of carbonyl (C=O) groups excluding carboxylic acids is 5. The van der Waals surface area contributed by atoms with Crippen molar-refractivity contribution in [1.29, 1.82) is 0 Å². The van der Waals surface area contributed by atoms with Crippen LogP contribution in [-0.4, -0.2) is 134 Å². The monoisotopic (exact) mass is 1060 g/mol. The number of unbranched alkanes of at least 4 members (excludes halogenated alkanes) is 3. The van der Waals surface area contributed by atoms with Crippen LogP contribution in [0, 0.1) is 10.7 Å². The Bertz CT molecular complexity index is 3130. The van der Waals surface area contributed by atoms with Gasteiger partial charge in [0.1, 0.15) is 31.1 Å². The van der Waals surface area contributed by atoms with Crippen LogP contribution in [0.15, 0.2) is 47.7 Å². The molecule has 0 aliphatic carbocycles. The standard InChI is InChI=1S/C52H64N12O11S/c1-6-52(71)36-20-40-46-34(25-64(40)49(69)35(36)27-73-50(52)70)32(33-19-41-42(75-29-74-41)21-38(33)57-46)13-12-18-72-28-56-44(66)24-53-47(67)37(14-9-11-16-62(4)5)58-48(68)45(30(2)3)59-43(65)15-8-7-10-17-63-26-39(60-61-63)31-22-54-51(76)55-23-31/h12-13,19-23,26,30,37,45,71H,6-11,14-18,24-25,27-29H2,1-5H3,(H,53,67)(H,56,66)(H,58,68)(H,59,65)(H,54,55,76)/b13-12+/t37-,45-,52-/m0/s1. The number of aryl methyl sites for hydroxylation is 1. The van der Waals surface area contributed by atoms with Gasteiger partial charge in [-0.1, -0.05) is 44.6 Å². The molecule has 3 atom stereocenters. The lowest BCUT2D eigenvalue weighted by Gasteiger charge is -2.31. The van der Waals surface area contributed by atoms with E-state index in [0.717, 1.165) is 47.9 Å². The average molecular weight is 1070 g/mol. The van der Waals surface area contributed by atoms with Crippen LogP contribution < -0.4 is 36.3 Å². The number of hydrogen-bond acceptors (Lipinski definition) is 17. The molecule has 0 spiro atoms. The van der Waals surface area contributed by atoms with Gasteiger partial charge < -0.3 is 59.8 Å². The van der Waals surface area contributed by atoms with E-state index in [-0.39, 0.29) is 75.6 Å². The second-order valence-corrected chi connectivity index (χ2v) is 19.9. The summed E-state index contributed by atoms with van der Waals surface area (Å²) in [6.07, 6.45) is 12.8. The van der Waals surface area contributed by atoms with Crippen molar-refractivity contribution in [2.75, 3.05) is 47.3 Å². The molecule has 6 N–H and O–H groups in total. The Balaban J connectivity index is 0.826. The molecular formula is C52H64N12O11S. The first-order valence-electron chi connectivity index (χ1n) is 25.5. The third-order valence-electron chi connectivity index (χ3n) is 13.6. The summed E-state index contributed by atoms with van der Waals surface area (Å²) in [4.78, 5) is 93.9. The molecule has 0 saturated carbocycles. The predicted molar refractivity (Wildman–Crippen MR) is 280 cm³/mol. The van der Waals surface area contributed by atoms with Crippen LogP contribution in [0.5, 0.6) is 11.5 Å². The summed E-state index contributed by atoms with van der Waals surface area (Å²) in [5.74, 6) is -1.88. The molecule has 0 fully saturated rings. The van der Waals surface area contributed by atoms with Crippen LogP contribution >= 0.6 is 12.2 Å². The largest absolute Gasteiger partial charge is 0.458 e. The average Bonchev–Trinajstić information content (AvgIpc) is 4.21. The number of pyridine rings is 2. The van der Waals surface area contributed by atoms with Gasteiger partial charge in [0.25, 0.3) is 5.56 Å². The fourth-order valence-corrected chi connectivity index (χ4v) is 9.43. The minimum Gasteiger partial charge on any atom is -0.458 e. The first kappa shape index (κ1) is 54.8. The second kappa shape index (κ2) is 24.5. The van der Waals surface area contributed by atoms with E-state index in [1.165, 1.54) is 0 Å². The molecule has 4 amide bonds. The number of benzene rings is 1. The highest BCUT2D eigenvalue weighted by molar-refractivity contribution is 7.71. The minimum atomic E-state index is -1.98. The zero-order valence-electron chi connectivity index (χ0n) is 43.2. The molecule has 23 nitrogen and oxygen atoms in total. The molecule has 404 valence electrons. The fraction of sp³-hybridized carbons (Fsp3) is 0.481. The van der Waals surface area contributed by atoms with Gasteiger partial charge in [0.15, 0.2) is 21.9 Å². The van der Waals surface area contributed by atoms with Crippen LogP contribution in [0.3, 0.4) is 0 Å². The number of ether oxygens (including phenoxy) is 4. The van der Waals surface area contributed by atoms with Crippen molar-refractivity contribution < 1.29 is 48.0 Å². The normalized spacial score (nSPS) is 16.1. The van der Waals surface area contributed by atoms with Gasteiger partial charge in [-0.05, 0) is 95.0 Å². The first-order valence-corrected chi connectivity index (χ1v) is 25.9. The zero-order chi connectivity index (χ0) is 54.1. The molecule has 0 unspecified atom stereocenters. The number of nitrogens with zero attached hydrogens (tertiary/aromatic N) is 7. The fourth-order valence-electron chi connectivity index (χ4n) is 9.31. The lowest BCUT2D eigenvalue weighted by atomic mass is 9.86. The van der Waals surface area contributed by atoms with Crippen LogP contribution in [0.4, 0.5) is 0 Å². The number of H-pyrrole nitrogens is 1. The van der Waals surface area contributed by atoms with E-state index >= 15 is 0 Å². The maximum Gasteiger partial charge on any atom is 0.343 e. The molecule has 76 heavy (non-hydrogen) atoms. The maximum atomic E-state index is 13.9. The number of fused-ring (bicyclic) bond motifs is 6. The number of aromatic nitrogens is 7. The molecule has 24 heteroatoms. The maximum absolute atomic E-state index is 13.9. The van der Waals surface area contributed by atoms with Gasteiger partial charge in [0.05, 0.1) is 48.4 Å². The van der Waals surface area contributed by atoms with E-state index in [1.54, 1.807) is 46.8 Å². The Morgan fingerprint density at radius 1 is 0.987 bits per heavy atom. The van der Waals surface area contributed by atoms with Crippen molar-refractivity contribution in [3.8, 4) is 34.1 Å². The van der Waals surface area contributed by atoms with E-state index in [9.17, 15) is 33.9 Å². The third-order valence-corrected chi connectivity index (χ3v) is 13.8. The number of aromatic amines is 1. The molecule has 7 heterocycles. The Morgan fingerprint density at radius 2 is 1.79 bits per heavy atom. The number of rotatable bonds is 25. The van der Waals surface area contributed by atoms with Crippen LogP contribution in [-0.2, 0) is 58.7 Å². The number of nitrogens with one attached hydrogen (secondary N) is 5. The second-order valence-electron chi connectivity index (χ2n) is 19.5. The number of esters is 1. The molecule has 0 bridgehead atoms. The topological polar surface area (TPSA) is 288 Å². The Hall–Kier alpha value is -7.41. The van der Waals surface area contributed by atoms with Gasteiger partial charge in [-0.3, -0.25) is 28.7 Å². The Labute approximate surface area is 443 Å². The summed E-state index contributed by atoms with van der Waals surface area (Å²) in [5.41, 5.74) is 2.45. The highest BCUT2D eigenvalue weighted by Gasteiger charge is 2.45. The summed E-state index contributed by atoms with van der Waals surface area (Å²) in [6.45, 7) is 6.12. The van der Waals surface area contributed by atoms with Crippen molar-refractivity contribution >= 4 is 58.8 Å². The molecule has 3 aliphatic rings. The van der Waals surface area contributed by atoms with E-state index in [2.05, 4.69) is 41.5 Å². The Kier molecular flexibility index (Phi) is 17.7. The molecule has 5 aromatic rings. The lowest BCUT2D eigenvalue weighted by Crippen LogP contribution is -2.56. The van der Waals surface area contributed by atoms with Gasteiger partial charge in [-0.15, -0.1) is 5.10 Å². The molecule has 0 saturated heterocycles. The lowest BCUT2D eigenvalue weighted by molar-refractivity contribution is -0.172. The van der Waals surface area contributed by atoms with Gasteiger partial charge in [0.2, 0.25) is 30.4 Å². The summed E-state index contributed by atoms with van der Waals surface area (Å²) in [6, 6.07) is 3.38. The van der Waals surface area contributed by atoms with Crippen LogP contribution in [0.2, 0.25) is 0 Å². The highest BCUT2D eigenvalue weighted by Crippen LogP contribution is 2.43. The Morgan fingerprint density at radius 3 is 2.54 bits per heavy atom. The van der Waals surface area contributed by atoms with E-state index in [0.29, 0.717) is 64.7 Å². The van der Waals surface area contributed by atoms with E-state index < -0.39 is 46.9 Å². The summed E-state index contributed by atoms with van der Waals surface area (Å²) in [5, 5.41) is 31.4. The SMILES string of the molecule is CC[C@@]1(O)C(=O)OCc2c1cc1n(c2=O)Cc2c-1nc1cc3c(cc1c2/C=C/COCNC(=O)CNC(=O)[C@H](CCCCN(C)C)NC(=O)[C@@H](NC(=O)CCCCCn1cc(-c2cnc(=S)[nH]c2)nn1)C(C)C)OCO3. The molecule has 4 aromatic heterocycles. The third kappa shape index (κ3) is 12.6. The smallest absolute Gasteiger partial charge is 0.343 e. The molecular weight excluding hydrogens is 1000 g/mol. The molecule has 3 aliphatic heterocycles. The predicted octanol–water partition coefficient (Wildman–Crippen LogP) is 3.36. The minimum absolute atomic E-state index is 0.0106. The van der Waals surface area contributed by atoms with Crippen molar-refractivity contribution in [2.24, 2.45) is 5.92 Å². The number of carbonyl (C=O) groups is 5. The van der Waals surface area contributed by atoms with Gasteiger partial charge in [-0.25, -0.2) is 14.8 Å². The number of hydrogen-bond donors (Lipinski definition) is 6. The summed E-state index contributed by atoms with van der Waals surface area (Å²) in [7, 11) is 3.90. The highest BCUT2D eigenvalue weighted by atomic mass is 32.1. The molecule has 8 rings (SSSR count). The van der Waals surface area contributed by atoms with E-state index in [1.807, 2.05) is 51.2 Å². The summed E-state index contributed by atoms with van der Waals surface area (Å²) >= 11 is 5.00. The summed E-state index contributed by atoms with van der Waals surface area (Å²) < 4.78 is 26.0. The zero-order valence-corrected chi connectivity index (χ0v) is 44.0. The van der Waals surface area contributed by atoms with Crippen molar-refractivity contribution in [1.82, 2.24) is 60.7 Å². The van der Waals surface area contributed by atoms with Crippen LogP contribution in [0.25, 0.3) is 39.6 Å². The van der Waals surface area contributed by atoms with Gasteiger partial charge in [0, 0.05) is 53.5 Å². The van der Waals surface area contributed by atoms with E-state index in [4.69, 9.17) is 36.1 Å². The van der Waals surface area contributed by atoms with Crippen molar-refractivity contribution in [2.45, 2.75) is 110 Å². The van der Waals surface area contributed by atoms with Gasteiger partial charge in [-0.2, -0.15) is 0 Å². The number of amides is 4. The number of aliphatic hydroxyl groups is 1. The number of cyclic esters (lactones) is 1. The molecule has 0 radical (unpaired) electrons. The first-order chi connectivity index (χ1) is 36.5. The quantitative estimate of drug-likeness (QED) is 0.0207. The van der Waals surface area contributed by atoms with Crippen LogP contribution in [0.1, 0.15) is 94.4 Å². The van der Waals surface area contributed by atoms with Gasteiger partial charge >= 0.3 is 5.97 Å².